The van der Waals surface area contributed by atoms with Crippen molar-refractivity contribution in [1.82, 2.24) is 14.5 Å². The Hall–Kier alpha value is -3.53. The molecule has 0 bridgehead atoms. The Bertz CT molecular complexity index is 1170. The molecule has 0 radical (unpaired) electrons. The number of hydrogen-bond donors (Lipinski definition) is 1. The van der Waals surface area contributed by atoms with Crippen molar-refractivity contribution in [2.75, 3.05) is 18.4 Å². The van der Waals surface area contributed by atoms with Crippen molar-refractivity contribution in [2.45, 2.75) is 58.2 Å². The summed E-state index contributed by atoms with van der Waals surface area (Å²) in [6, 6.07) is 17.9. The Labute approximate surface area is 195 Å². The zero-order valence-electron chi connectivity index (χ0n) is 19.5. The monoisotopic (exact) mass is 445 g/mol. The molecule has 1 saturated heterocycles. The van der Waals surface area contributed by atoms with Gasteiger partial charge in [-0.2, -0.15) is 5.26 Å². The summed E-state index contributed by atoms with van der Waals surface area (Å²) in [5.41, 5.74) is 2.97. The maximum atomic E-state index is 12.8. The van der Waals surface area contributed by atoms with Gasteiger partial charge in [0, 0.05) is 13.1 Å². The number of rotatable bonds is 5. The summed E-state index contributed by atoms with van der Waals surface area (Å²) in [6.07, 6.45) is 2.73. The first-order chi connectivity index (χ1) is 15.9. The van der Waals surface area contributed by atoms with Gasteiger partial charge >= 0.3 is 6.09 Å². The number of ether oxygens (including phenoxy) is 1. The van der Waals surface area contributed by atoms with E-state index in [2.05, 4.69) is 16.0 Å². The number of carbonyl (C=O) groups is 1. The molecule has 1 aromatic heterocycles. The molecule has 172 valence electrons. The van der Waals surface area contributed by atoms with Gasteiger partial charge in [0.1, 0.15) is 5.60 Å². The zero-order chi connectivity index (χ0) is 23.4. The molecule has 0 spiro atoms. The van der Waals surface area contributed by atoms with Crippen LogP contribution in [0.2, 0.25) is 0 Å². The van der Waals surface area contributed by atoms with E-state index < -0.39 is 5.60 Å². The quantitative estimate of drug-likeness (QED) is 0.587. The predicted octanol–water partition coefficient (Wildman–Crippen LogP) is 5.16. The van der Waals surface area contributed by atoms with Gasteiger partial charge in [0.2, 0.25) is 5.95 Å². The molecule has 0 unspecified atom stereocenters. The van der Waals surface area contributed by atoms with Crippen LogP contribution in [0.4, 0.5) is 10.7 Å². The van der Waals surface area contributed by atoms with Crippen LogP contribution in [0.15, 0.2) is 48.5 Å². The number of piperidine rings is 1. The van der Waals surface area contributed by atoms with Crippen LogP contribution in [0.25, 0.3) is 11.0 Å². The number of nitrogens with one attached hydrogen (secondary N) is 1. The highest BCUT2D eigenvalue weighted by atomic mass is 16.6. The van der Waals surface area contributed by atoms with Gasteiger partial charge < -0.3 is 19.5 Å². The lowest BCUT2D eigenvalue weighted by molar-refractivity contribution is 0.0114. The van der Waals surface area contributed by atoms with E-state index in [9.17, 15) is 10.1 Å². The molecule has 1 aliphatic heterocycles. The second kappa shape index (κ2) is 9.53. The molecule has 1 N–H and O–H groups in total. The number of carbonyl (C=O) groups excluding carboxylic acids is 1. The van der Waals surface area contributed by atoms with E-state index in [0.717, 1.165) is 41.8 Å². The Balaban J connectivity index is 1.58. The highest BCUT2D eigenvalue weighted by Gasteiger charge is 2.30. The SMILES string of the molecule is CC(C)(C)OC(=O)N1CCCC[C@@H]1CNc1nc2ccccc2n1Cc1ccccc1C#N. The largest absolute Gasteiger partial charge is 0.444 e. The van der Waals surface area contributed by atoms with E-state index in [1.807, 2.05) is 74.2 Å². The number of nitriles is 1. The Kier molecular flexibility index (Phi) is 6.55. The Morgan fingerprint density at radius 1 is 1.18 bits per heavy atom. The smallest absolute Gasteiger partial charge is 0.410 e. The molecular weight excluding hydrogens is 414 g/mol. The van der Waals surface area contributed by atoms with Crippen LogP contribution < -0.4 is 5.32 Å². The standard InChI is InChI=1S/C26H31N5O2/c1-26(2,3)33-25(32)30-15-9-8-12-21(30)17-28-24-29-22-13-6-7-14-23(22)31(24)18-20-11-5-4-10-19(20)16-27/h4-7,10-11,13-14,21H,8-9,12,15,17-18H2,1-3H3,(H,28,29)/t21-/m1/s1. The number of nitrogens with zero attached hydrogens (tertiary/aromatic N) is 4. The fraction of sp³-hybridized carbons (Fsp3) is 0.423. The molecule has 3 aromatic rings. The van der Waals surface area contributed by atoms with Crippen molar-refractivity contribution < 1.29 is 9.53 Å². The summed E-state index contributed by atoms with van der Waals surface area (Å²) in [4.78, 5) is 19.4. The van der Waals surface area contributed by atoms with E-state index in [1.54, 1.807) is 0 Å². The maximum absolute atomic E-state index is 12.8. The first-order valence-electron chi connectivity index (χ1n) is 11.5. The fourth-order valence-corrected chi connectivity index (χ4v) is 4.29. The highest BCUT2D eigenvalue weighted by Crippen LogP contribution is 2.24. The number of benzene rings is 2. The van der Waals surface area contributed by atoms with E-state index in [1.165, 1.54) is 0 Å². The minimum Gasteiger partial charge on any atom is -0.444 e. The van der Waals surface area contributed by atoms with E-state index in [0.29, 0.717) is 25.2 Å². The lowest BCUT2D eigenvalue weighted by Crippen LogP contribution is -2.49. The summed E-state index contributed by atoms with van der Waals surface area (Å²) in [5.74, 6) is 0.735. The van der Waals surface area contributed by atoms with Gasteiger partial charge in [-0.05, 0) is 63.8 Å². The van der Waals surface area contributed by atoms with Gasteiger partial charge in [-0.3, -0.25) is 0 Å². The first kappa shape index (κ1) is 22.7. The number of amides is 1. The van der Waals surface area contributed by atoms with E-state index >= 15 is 0 Å². The fourth-order valence-electron chi connectivity index (χ4n) is 4.29. The number of para-hydroxylation sites is 2. The third-order valence-electron chi connectivity index (χ3n) is 5.87. The summed E-state index contributed by atoms with van der Waals surface area (Å²) in [5, 5.41) is 13.0. The van der Waals surface area contributed by atoms with Crippen molar-refractivity contribution in [3.63, 3.8) is 0 Å². The molecular formula is C26H31N5O2. The van der Waals surface area contributed by atoms with Crippen LogP contribution in [-0.4, -0.2) is 45.3 Å². The summed E-state index contributed by atoms with van der Waals surface area (Å²) in [6.45, 7) is 7.50. The minimum absolute atomic E-state index is 0.0354. The van der Waals surface area contributed by atoms with E-state index in [4.69, 9.17) is 9.72 Å². The third-order valence-corrected chi connectivity index (χ3v) is 5.87. The molecule has 4 rings (SSSR count). The van der Waals surface area contributed by atoms with Gasteiger partial charge in [0.15, 0.2) is 0 Å². The lowest BCUT2D eigenvalue weighted by Gasteiger charge is -2.36. The molecule has 1 fully saturated rings. The minimum atomic E-state index is -0.519. The third kappa shape index (κ3) is 5.28. The first-order valence-corrected chi connectivity index (χ1v) is 11.5. The molecule has 7 nitrogen and oxygen atoms in total. The maximum Gasteiger partial charge on any atom is 0.410 e. The van der Waals surface area contributed by atoms with Crippen molar-refractivity contribution in [1.29, 1.82) is 5.26 Å². The molecule has 2 heterocycles. The summed E-state index contributed by atoms with van der Waals surface area (Å²) in [7, 11) is 0. The second-order valence-electron chi connectivity index (χ2n) is 9.48. The average molecular weight is 446 g/mol. The van der Waals surface area contributed by atoms with Crippen LogP contribution in [0.3, 0.4) is 0 Å². The topological polar surface area (TPSA) is 83.2 Å². The van der Waals surface area contributed by atoms with Crippen LogP contribution in [0, 0.1) is 11.3 Å². The Morgan fingerprint density at radius 3 is 2.73 bits per heavy atom. The van der Waals surface area contributed by atoms with Gasteiger partial charge in [-0.15, -0.1) is 0 Å². The van der Waals surface area contributed by atoms with Gasteiger partial charge in [-0.1, -0.05) is 30.3 Å². The molecule has 1 aliphatic rings. The zero-order valence-corrected chi connectivity index (χ0v) is 19.5. The van der Waals surface area contributed by atoms with E-state index in [-0.39, 0.29) is 12.1 Å². The molecule has 0 aliphatic carbocycles. The molecule has 0 saturated carbocycles. The number of aromatic nitrogens is 2. The summed E-state index contributed by atoms with van der Waals surface area (Å²) < 4.78 is 7.75. The van der Waals surface area contributed by atoms with Crippen LogP contribution in [0.5, 0.6) is 0 Å². The lowest BCUT2D eigenvalue weighted by atomic mass is 10.0. The van der Waals surface area contributed by atoms with Crippen molar-refractivity contribution in [3.05, 3.63) is 59.7 Å². The molecule has 2 aromatic carbocycles. The van der Waals surface area contributed by atoms with Crippen LogP contribution >= 0.6 is 0 Å². The highest BCUT2D eigenvalue weighted by molar-refractivity contribution is 5.79. The molecule has 1 amide bonds. The van der Waals surface area contributed by atoms with Gasteiger partial charge in [-0.25, -0.2) is 9.78 Å². The van der Waals surface area contributed by atoms with Crippen LogP contribution in [0.1, 0.15) is 51.2 Å². The number of likely N-dealkylation sites (tertiary alicyclic amines) is 1. The normalized spacial score (nSPS) is 16.4. The van der Waals surface area contributed by atoms with Gasteiger partial charge in [0.05, 0.1) is 35.3 Å². The van der Waals surface area contributed by atoms with Crippen molar-refractivity contribution in [3.8, 4) is 6.07 Å². The molecule has 7 heteroatoms. The molecule has 1 atom stereocenters. The second-order valence-corrected chi connectivity index (χ2v) is 9.48. The summed E-state index contributed by atoms with van der Waals surface area (Å²) >= 11 is 0. The molecule has 33 heavy (non-hydrogen) atoms. The Morgan fingerprint density at radius 2 is 1.94 bits per heavy atom. The van der Waals surface area contributed by atoms with Gasteiger partial charge in [0.25, 0.3) is 0 Å². The van der Waals surface area contributed by atoms with Crippen molar-refractivity contribution >= 4 is 23.1 Å². The van der Waals surface area contributed by atoms with Crippen molar-refractivity contribution in [2.24, 2.45) is 0 Å². The average Bonchev–Trinajstić information content (AvgIpc) is 3.14. The van der Waals surface area contributed by atoms with Crippen LogP contribution in [-0.2, 0) is 11.3 Å². The number of imidazole rings is 1. The number of fused-ring (bicyclic) bond motifs is 1. The predicted molar refractivity (Wildman–Crippen MR) is 129 cm³/mol. The number of hydrogen-bond acceptors (Lipinski definition) is 5. The number of anilines is 1.